The van der Waals surface area contributed by atoms with Gasteiger partial charge in [-0.2, -0.15) is 0 Å². The molecule has 5 heteroatoms. The lowest BCUT2D eigenvalue weighted by atomic mass is 10.1. The summed E-state index contributed by atoms with van der Waals surface area (Å²) in [7, 11) is 0. The number of carbonyl (C=O) groups is 2. The predicted molar refractivity (Wildman–Crippen MR) is 85.6 cm³/mol. The largest absolute Gasteiger partial charge is 0.358 e. The highest BCUT2D eigenvalue weighted by Gasteiger charge is 2.18. The van der Waals surface area contributed by atoms with Crippen LogP contribution in [0.4, 0.5) is 0 Å². The molecule has 2 N–H and O–H groups in total. The quantitative estimate of drug-likeness (QED) is 0.903. The summed E-state index contributed by atoms with van der Waals surface area (Å²) in [5.74, 6) is -0.0955. The summed E-state index contributed by atoms with van der Waals surface area (Å²) in [6.07, 6.45) is 2.42. The van der Waals surface area contributed by atoms with E-state index in [1.807, 2.05) is 36.1 Å². The van der Waals surface area contributed by atoms with E-state index in [1.165, 1.54) is 0 Å². The Bertz CT molecular complexity index is 699. The fourth-order valence-electron chi connectivity index (χ4n) is 3.04. The number of aromatic amines is 1. The first kappa shape index (κ1) is 14.6. The van der Waals surface area contributed by atoms with Gasteiger partial charge in [0, 0.05) is 29.7 Å². The number of benzene rings is 1. The van der Waals surface area contributed by atoms with Gasteiger partial charge in [0.15, 0.2) is 0 Å². The average Bonchev–Trinajstić information content (AvgIpc) is 3.14. The molecule has 0 atom stereocenters. The third-order valence-electron chi connectivity index (χ3n) is 4.26. The standard InChI is InChI=1S/C17H21N3O2/c1-12-14(13-6-2-3-7-15(13)19-12)10-16(21)18-11-17(22)20-8-4-5-9-20/h2-3,6-7,19H,4-5,8-11H2,1H3,(H,18,21). The zero-order chi connectivity index (χ0) is 15.5. The van der Waals surface area contributed by atoms with Crippen LogP contribution in [0.3, 0.4) is 0 Å². The van der Waals surface area contributed by atoms with Gasteiger partial charge in [-0.1, -0.05) is 18.2 Å². The van der Waals surface area contributed by atoms with Crippen molar-refractivity contribution in [3.05, 3.63) is 35.5 Å². The van der Waals surface area contributed by atoms with Crippen molar-refractivity contribution < 1.29 is 9.59 Å². The number of nitrogens with zero attached hydrogens (tertiary/aromatic N) is 1. The van der Waals surface area contributed by atoms with Gasteiger partial charge in [0.1, 0.15) is 0 Å². The Kier molecular flexibility index (Phi) is 4.13. The number of rotatable bonds is 4. The molecule has 0 spiro atoms. The molecule has 0 saturated carbocycles. The summed E-state index contributed by atoms with van der Waals surface area (Å²) in [5, 5.41) is 3.82. The van der Waals surface area contributed by atoms with Crippen LogP contribution in [0, 0.1) is 6.92 Å². The first-order valence-corrected chi connectivity index (χ1v) is 7.76. The summed E-state index contributed by atoms with van der Waals surface area (Å²) in [4.78, 5) is 29.2. The Labute approximate surface area is 129 Å². The smallest absolute Gasteiger partial charge is 0.241 e. The first-order chi connectivity index (χ1) is 10.6. The van der Waals surface area contributed by atoms with Crippen LogP contribution in [0.25, 0.3) is 10.9 Å². The minimum absolute atomic E-state index is 0.0153. The maximum absolute atomic E-state index is 12.1. The highest BCUT2D eigenvalue weighted by Crippen LogP contribution is 2.22. The van der Waals surface area contributed by atoms with Crippen molar-refractivity contribution in [3.8, 4) is 0 Å². The minimum atomic E-state index is -0.111. The van der Waals surface area contributed by atoms with Crippen LogP contribution < -0.4 is 5.32 Å². The van der Waals surface area contributed by atoms with E-state index in [-0.39, 0.29) is 18.4 Å². The van der Waals surface area contributed by atoms with E-state index in [1.54, 1.807) is 0 Å². The Morgan fingerprint density at radius 1 is 1.23 bits per heavy atom. The molecule has 1 aliphatic rings. The van der Waals surface area contributed by atoms with Gasteiger partial charge in [0.05, 0.1) is 13.0 Å². The van der Waals surface area contributed by atoms with Crippen molar-refractivity contribution in [2.24, 2.45) is 0 Å². The SMILES string of the molecule is Cc1[nH]c2ccccc2c1CC(=O)NCC(=O)N1CCCC1. The molecular formula is C17H21N3O2. The molecule has 1 aliphatic heterocycles. The number of hydrogen-bond acceptors (Lipinski definition) is 2. The van der Waals surface area contributed by atoms with Crippen molar-refractivity contribution >= 4 is 22.7 Å². The molecule has 0 radical (unpaired) electrons. The Morgan fingerprint density at radius 3 is 2.73 bits per heavy atom. The molecule has 116 valence electrons. The van der Waals surface area contributed by atoms with Gasteiger partial charge in [0.2, 0.25) is 11.8 Å². The molecule has 0 bridgehead atoms. The van der Waals surface area contributed by atoms with Gasteiger partial charge >= 0.3 is 0 Å². The molecule has 1 fully saturated rings. The number of aryl methyl sites for hydroxylation is 1. The molecule has 0 unspecified atom stereocenters. The van der Waals surface area contributed by atoms with E-state index in [0.29, 0.717) is 6.42 Å². The zero-order valence-electron chi connectivity index (χ0n) is 12.8. The van der Waals surface area contributed by atoms with E-state index in [9.17, 15) is 9.59 Å². The van der Waals surface area contributed by atoms with E-state index >= 15 is 0 Å². The van der Waals surface area contributed by atoms with Crippen LogP contribution in [-0.2, 0) is 16.0 Å². The van der Waals surface area contributed by atoms with Crippen LogP contribution in [0.15, 0.2) is 24.3 Å². The number of amides is 2. The van der Waals surface area contributed by atoms with Crippen LogP contribution in [0.1, 0.15) is 24.1 Å². The number of carbonyl (C=O) groups excluding carboxylic acids is 2. The van der Waals surface area contributed by atoms with Crippen molar-refractivity contribution in [1.29, 1.82) is 0 Å². The number of para-hydroxylation sites is 1. The van der Waals surface area contributed by atoms with E-state index < -0.39 is 0 Å². The Hall–Kier alpha value is -2.30. The summed E-state index contributed by atoms with van der Waals surface area (Å²) >= 11 is 0. The second-order valence-electron chi connectivity index (χ2n) is 5.82. The number of hydrogen-bond donors (Lipinski definition) is 2. The number of fused-ring (bicyclic) bond motifs is 1. The Morgan fingerprint density at radius 2 is 1.95 bits per heavy atom. The topological polar surface area (TPSA) is 65.2 Å². The maximum atomic E-state index is 12.1. The first-order valence-electron chi connectivity index (χ1n) is 7.76. The highest BCUT2D eigenvalue weighted by atomic mass is 16.2. The maximum Gasteiger partial charge on any atom is 0.241 e. The summed E-state index contributed by atoms with van der Waals surface area (Å²) in [6, 6.07) is 7.95. The minimum Gasteiger partial charge on any atom is -0.358 e. The molecule has 2 heterocycles. The van der Waals surface area contributed by atoms with Gasteiger partial charge < -0.3 is 15.2 Å². The van der Waals surface area contributed by atoms with Crippen molar-refractivity contribution in [1.82, 2.24) is 15.2 Å². The number of aromatic nitrogens is 1. The number of nitrogens with one attached hydrogen (secondary N) is 2. The van der Waals surface area contributed by atoms with Gasteiger partial charge in [-0.25, -0.2) is 0 Å². The molecule has 1 aromatic carbocycles. The molecular weight excluding hydrogens is 278 g/mol. The lowest BCUT2D eigenvalue weighted by Gasteiger charge is -2.15. The monoisotopic (exact) mass is 299 g/mol. The van der Waals surface area contributed by atoms with E-state index in [2.05, 4.69) is 10.3 Å². The molecule has 1 aromatic heterocycles. The summed E-state index contributed by atoms with van der Waals surface area (Å²) < 4.78 is 0. The van der Waals surface area contributed by atoms with Crippen molar-refractivity contribution in [2.45, 2.75) is 26.2 Å². The molecule has 22 heavy (non-hydrogen) atoms. The molecule has 1 saturated heterocycles. The normalized spacial score (nSPS) is 14.5. The summed E-state index contributed by atoms with van der Waals surface area (Å²) in [5.41, 5.74) is 3.04. The van der Waals surface area contributed by atoms with Gasteiger partial charge in [-0.05, 0) is 31.4 Å². The fraction of sp³-hybridized carbons (Fsp3) is 0.412. The van der Waals surface area contributed by atoms with Crippen LogP contribution in [0.2, 0.25) is 0 Å². The number of H-pyrrole nitrogens is 1. The van der Waals surface area contributed by atoms with E-state index in [0.717, 1.165) is 48.1 Å². The summed E-state index contributed by atoms with van der Waals surface area (Å²) in [6.45, 7) is 3.70. The lowest BCUT2D eigenvalue weighted by Crippen LogP contribution is -2.39. The van der Waals surface area contributed by atoms with Crippen LogP contribution in [-0.4, -0.2) is 41.3 Å². The average molecular weight is 299 g/mol. The van der Waals surface area contributed by atoms with Crippen molar-refractivity contribution in [3.63, 3.8) is 0 Å². The third kappa shape index (κ3) is 2.98. The highest BCUT2D eigenvalue weighted by molar-refractivity contribution is 5.91. The predicted octanol–water partition coefficient (Wildman–Crippen LogP) is 1.76. The van der Waals surface area contributed by atoms with Crippen LogP contribution in [0.5, 0.6) is 0 Å². The second kappa shape index (κ2) is 6.22. The molecule has 0 aliphatic carbocycles. The van der Waals surface area contributed by atoms with E-state index in [4.69, 9.17) is 0 Å². The van der Waals surface area contributed by atoms with Crippen LogP contribution >= 0.6 is 0 Å². The van der Waals surface area contributed by atoms with Gasteiger partial charge in [-0.15, -0.1) is 0 Å². The van der Waals surface area contributed by atoms with Gasteiger partial charge in [0.25, 0.3) is 0 Å². The Balaban J connectivity index is 1.61. The second-order valence-corrected chi connectivity index (χ2v) is 5.82. The lowest BCUT2D eigenvalue weighted by molar-refractivity contribution is -0.131. The fourth-order valence-corrected chi connectivity index (χ4v) is 3.04. The molecule has 2 amide bonds. The zero-order valence-corrected chi connectivity index (χ0v) is 12.8. The molecule has 5 nitrogen and oxygen atoms in total. The van der Waals surface area contributed by atoms with Crippen molar-refractivity contribution in [2.75, 3.05) is 19.6 Å². The molecule has 3 rings (SSSR count). The molecule has 2 aromatic rings. The van der Waals surface area contributed by atoms with Gasteiger partial charge in [-0.3, -0.25) is 9.59 Å². The third-order valence-corrected chi connectivity index (χ3v) is 4.26. The number of likely N-dealkylation sites (tertiary alicyclic amines) is 1.